The highest BCUT2D eigenvalue weighted by atomic mass is 16.1. The highest BCUT2D eigenvalue weighted by Crippen LogP contribution is 2.54. The molecule has 0 fully saturated rings. The van der Waals surface area contributed by atoms with Crippen molar-refractivity contribution in [3.05, 3.63) is 80.0 Å². The minimum Gasteiger partial charge on any atom is -0.295 e. The van der Waals surface area contributed by atoms with Crippen LogP contribution in [0.2, 0.25) is 0 Å². The number of fused-ring (bicyclic) bond motifs is 2. The molecule has 0 aromatic rings. The Morgan fingerprint density at radius 3 is 0.711 bits per heavy atom. The molecule has 2 unspecified atom stereocenters. The Kier molecular flexibility index (Phi) is 4.91. The molecule has 0 aliphatic heterocycles. The van der Waals surface area contributed by atoms with E-state index in [0.29, 0.717) is 0 Å². The van der Waals surface area contributed by atoms with Gasteiger partial charge in [0.25, 0.3) is 0 Å². The van der Waals surface area contributed by atoms with Gasteiger partial charge in [-0.15, -0.1) is 0 Å². The summed E-state index contributed by atoms with van der Waals surface area (Å²) in [7, 11) is 0. The maximum absolute atomic E-state index is 12.5. The summed E-state index contributed by atoms with van der Waals surface area (Å²) < 4.78 is 0. The van der Waals surface area contributed by atoms with Crippen LogP contribution in [0.5, 0.6) is 0 Å². The molecule has 8 aliphatic carbocycles. The molecule has 0 spiro atoms. The standard InChI is InChI=1S/C34H32O4/c35-31-1-2-32(36)28-14-24-10-20-6-18-8-22-12-26-16-30-29(33(37)3-4-34(30)38)15-25(26)11-21(22)7-17(18)5-19(20)9-23(24)13-27(28)31/h1-4,27-30H,5-16H2/t27-,28+,29?,30?. The summed E-state index contributed by atoms with van der Waals surface area (Å²) in [6.45, 7) is 0. The van der Waals surface area contributed by atoms with Crippen molar-refractivity contribution in [2.45, 2.75) is 77.0 Å². The molecule has 8 aliphatic rings. The summed E-state index contributed by atoms with van der Waals surface area (Å²) in [5, 5.41) is 0. The second kappa shape index (κ2) is 8.18. The number of hydrogen-bond donors (Lipinski definition) is 0. The van der Waals surface area contributed by atoms with Gasteiger partial charge in [-0.2, -0.15) is 0 Å². The van der Waals surface area contributed by atoms with E-state index in [2.05, 4.69) is 0 Å². The SMILES string of the molecule is O=C1C=CC(=O)C2CC3=C(CC4=C(CC5=C(C4)CC4=C(C5)CC5=C(C4)C[C@@H]4C(=O)C=CC(=O)[C@@H]4C5)C3)CC12. The lowest BCUT2D eigenvalue weighted by molar-refractivity contribution is -0.129. The number of carbonyl (C=O) groups is 4. The molecule has 0 aromatic carbocycles. The van der Waals surface area contributed by atoms with Crippen LogP contribution in [0.25, 0.3) is 0 Å². The Labute approximate surface area is 223 Å². The van der Waals surface area contributed by atoms with Crippen LogP contribution >= 0.6 is 0 Å². The van der Waals surface area contributed by atoms with Crippen LogP contribution in [0.3, 0.4) is 0 Å². The number of allylic oxidation sites excluding steroid dienone is 14. The normalized spacial score (nSPS) is 34.1. The van der Waals surface area contributed by atoms with Gasteiger partial charge in [0.05, 0.1) is 0 Å². The second-order valence-corrected chi connectivity index (χ2v) is 13.0. The molecule has 0 bridgehead atoms. The van der Waals surface area contributed by atoms with E-state index in [4.69, 9.17) is 0 Å². The molecule has 192 valence electrons. The van der Waals surface area contributed by atoms with Gasteiger partial charge in [-0.3, -0.25) is 19.2 Å². The average molecular weight is 505 g/mol. The van der Waals surface area contributed by atoms with Crippen LogP contribution in [-0.4, -0.2) is 23.1 Å². The van der Waals surface area contributed by atoms with Crippen molar-refractivity contribution in [3.63, 3.8) is 0 Å². The molecule has 0 heterocycles. The second-order valence-electron chi connectivity index (χ2n) is 13.0. The maximum atomic E-state index is 12.5. The molecular weight excluding hydrogens is 472 g/mol. The largest absolute Gasteiger partial charge is 0.295 e. The van der Waals surface area contributed by atoms with Crippen molar-refractivity contribution in [1.29, 1.82) is 0 Å². The van der Waals surface area contributed by atoms with Gasteiger partial charge >= 0.3 is 0 Å². The van der Waals surface area contributed by atoms with Crippen LogP contribution in [-0.2, 0) is 19.2 Å². The van der Waals surface area contributed by atoms with E-state index >= 15 is 0 Å². The fourth-order valence-electron chi connectivity index (χ4n) is 8.95. The first kappa shape index (κ1) is 22.8. The molecule has 0 aromatic heterocycles. The summed E-state index contributed by atoms with van der Waals surface area (Å²) in [5.41, 5.74) is 15.3. The number of ketones is 4. The Hall–Kier alpha value is -3.14. The zero-order chi connectivity index (χ0) is 25.7. The smallest absolute Gasteiger partial charge is 0.159 e. The van der Waals surface area contributed by atoms with E-state index in [9.17, 15) is 19.2 Å². The van der Waals surface area contributed by atoms with Gasteiger partial charge in [0.1, 0.15) is 0 Å². The van der Waals surface area contributed by atoms with Crippen LogP contribution in [0, 0.1) is 23.7 Å². The first-order chi connectivity index (χ1) is 18.4. The molecule has 4 nitrogen and oxygen atoms in total. The van der Waals surface area contributed by atoms with Crippen LogP contribution in [0.15, 0.2) is 80.0 Å². The summed E-state index contributed by atoms with van der Waals surface area (Å²) in [5.74, 6) is -0.0281. The van der Waals surface area contributed by atoms with Crippen LogP contribution in [0.1, 0.15) is 77.0 Å². The molecule has 4 atom stereocenters. The molecule has 4 heteroatoms. The predicted molar refractivity (Wildman–Crippen MR) is 143 cm³/mol. The van der Waals surface area contributed by atoms with E-state index in [0.717, 1.165) is 77.0 Å². The first-order valence-corrected chi connectivity index (χ1v) is 14.4. The summed E-state index contributed by atoms with van der Waals surface area (Å²) >= 11 is 0. The molecule has 8 rings (SSSR count). The lowest BCUT2D eigenvalue weighted by Crippen LogP contribution is -2.36. The van der Waals surface area contributed by atoms with Gasteiger partial charge in [-0.1, -0.05) is 55.7 Å². The van der Waals surface area contributed by atoms with Crippen molar-refractivity contribution in [3.8, 4) is 0 Å². The van der Waals surface area contributed by atoms with Gasteiger partial charge in [0.2, 0.25) is 0 Å². The Bertz CT molecular complexity index is 1280. The molecule has 0 radical (unpaired) electrons. The van der Waals surface area contributed by atoms with Crippen molar-refractivity contribution in [1.82, 2.24) is 0 Å². The van der Waals surface area contributed by atoms with Crippen molar-refractivity contribution in [2.75, 3.05) is 0 Å². The summed E-state index contributed by atoms with van der Waals surface area (Å²) in [4.78, 5) is 50.1. The average Bonchev–Trinajstić information content (AvgIpc) is 2.91. The zero-order valence-corrected chi connectivity index (χ0v) is 21.7. The van der Waals surface area contributed by atoms with E-state index in [1.54, 1.807) is 33.4 Å². The van der Waals surface area contributed by atoms with Gasteiger partial charge in [-0.25, -0.2) is 0 Å². The van der Waals surface area contributed by atoms with E-state index in [1.807, 2.05) is 0 Å². The molecule has 0 saturated heterocycles. The third kappa shape index (κ3) is 3.41. The number of hydrogen-bond acceptors (Lipinski definition) is 4. The van der Waals surface area contributed by atoms with Crippen molar-refractivity contribution >= 4 is 23.1 Å². The molecule has 38 heavy (non-hydrogen) atoms. The van der Waals surface area contributed by atoms with Gasteiger partial charge < -0.3 is 0 Å². The first-order valence-electron chi connectivity index (χ1n) is 14.4. The van der Waals surface area contributed by atoms with Crippen molar-refractivity contribution in [2.24, 2.45) is 23.7 Å². The van der Waals surface area contributed by atoms with Gasteiger partial charge in [0, 0.05) is 23.7 Å². The maximum Gasteiger partial charge on any atom is 0.159 e. The van der Waals surface area contributed by atoms with Gasteiger partial charge in [0.15, 0.2) is 23.1 Å². The minimum absolute atomic E-state index is 0.136. The van der Waals surface area contributed by atoms with Crippen molar-refractivity contribution < 1.29 is 19.2 Å². The fourth-order valence-corrected chi connectivity index (χ4v) is 8.95. The third-order valence-electron chi connectivity index (χ3n) is 11.0. The van der Waals surface area contributed by atoms with E-state index in [1.165, 1.54) is 46.6 Å². The molecule has 0 amide bonds. The molecule has 0 N–H and O–H groups in total. The summed E-state index contributed by atoms with van der Waals surface area (Å²) in [6.07, 6.45) is 17.3. The quantitative estimate of drug-likeness (QED) is 0.373. The number of carbonyl (C=O) groups excluding carboxylic acids is 4. The van der Waals surface area contributed by atoms with E-state index in [-0.39, 0.29) is 46.8 Å². The van der Waals surface area contributed by atoms with Gasteiger partial charge in [-0.05, 0) is 101 Å². The van der Waals surface area contributed by atoms with E-state index < -0.39 is 0 Å². The highest BCUT2D eigenvalue weighted by molar-refractivity contribution is 6.08. The minimum atomic E-state index is -0.143. The lowest BCUT2D eigenvalue weighted by Gasteiger charge is -2.42. The monoisotopic (exact) mass is 504 g/mol. The Balaban J connectivity index is 0.984. The predicted octanol–water partition coefficient (Wildman–Crippen LogP) is 6.11. The molecular formula is C34H32O4. The Morgan fingerprint density at radius 2 is 0.500 bits per heavy atom. The third-order valence-corrected chi connectivity index (χ3v) is 11.0. The van der Waals surface area contributed by atoms with Crippen LogP contribution in [0.4, 0.5) is 0 Å². The molecule has 0 saturated carbocycles. The zero-order valence-electron chi connectivity index (χ0n) is 21.7. The highest BCUT2D eigenvalue weighted by Gasteiger charge is 2.43. The lowest BCUT2D eigenvalue weighted by atomic mass is 9.62. The summed E-state index contributed by atoms with van der Waals surface area (Å²) in [6, 6.07) is 0. The Morgan fingerprint density at radius 1 is 0.316 bits per heavy atom. The topological polar surface area (TPSA) is 68.3 Å². The fraction of sp³-hybridized carbons (Fsp3) is 0.471. The van der Waals surface area contributed by atoms with Crippen LogP contribution < -0.4 is 0 Å². The number of rotatable bonds is 0.